The molecule has 0 aromatic carbocycles. The van der Waals surface area contributed by atoms with Crippen LogP contribution in [0.1, 0.15) is 57.1 Å². The zero-order valence-electron chi connectivity index (χ0n) is 18.3. The Morgan fingerprint density at radius 2 is 2.03 bits per heavy atom. The van der Waals surface area contributed by atoms with Gasteiger partial charge in [0.05, 0.1) is 5.69 Å². The van der Waals surface area contributed by atoms with Gasteiger partial charge < -0.3 is 10.2 Å². The normalized spacial score (nSPS) is 31.0. The molecule has 166 valence electrons. The fraction of sp³-hybridized carbons (Fsp3) is 0.640. The molecule has 0 unspecified atom stereocenters. The first kappa shape index (κ1) is 20.7. The van der Waals surface area contributed by atoms with Crippen molar-refractivity contribution in [3.05, 3.63) is 41.7 Å². The predicted octanol–water partition coefficient (Wildman–Crippen LogP) is 2.90. The first-order chi connectivity index (χ1) is 15.2. The molecule has 3 saturated heterocycles. The van der Waals surface area contributed by atoms with E-state index in [1.54, 1.807) is 0 Å². The molecule has 0 spiro atoms. The van der Waals surface area contributed by atoms with Crippen LogP contribution in [0.5, 0.6) is 0 Å². The van der Waals surface area contributed by atoms with E-state index in [-0.39, 0.29) is 29.8 Å². The van der Waals surface area contributed by atoms with Crippen LogP contribution in [0.4, 0.5) is 0 Å². The first-order valence-corrected chi connectivity index (χ1v) is 12.1. The van der Waals surface area contributed by atoms with Gasteiger partial charge in [-0.2, -0.15) is 0 Å². The topological polar surface area (TPSA) is 65.5 Å². The number of carbonyl (C=O) groups excluding carboxylic acids is 2. The summed E-state index contributed by atoms with van der Waals surface area (Å²) in [6.45, 7) is 3.29. The Morgan fingerprint density at radius 3 is 2.84 bits per heavy atom. The summed E-state index contributed by atoms with van der Waals surface area (Å²) in [6, 6.07) is 5.92. The third-order valence-corrected chi connectivity index (χ3v) is 7.67. The number of fused-ring (bicyclic) bond motifs is 4. The van der Waals surface area contributed by atoms with Crippen LogP contribution in [0.25, 0.3) is 0 Å². The number of carbonyl (C=O) groups is 2. The fourth-order valence-corrected chi connectivity index (χ4v) is 6.31. The average molecular weight is 423 g/mol. The highest BCUT2D eigenvalue weighted by molar-refractivity contribution is 5.89. The van der Waals surface area contributed by atoms with E-state index in [1.807, 2.05) is 23.2 Å². The van der Waals surface area contributed by atoms with E-state index < -0.39 is 0 Å². The molecule has 3 aliphatic heterocycles. The van der Waals surface area contributed by atoms with E-state index in [0.29, 0.717) is 18.9 Å². The van der Waals surface area contributed by atoms with Gasteiger partial charge in [-0.15, -0.1) is 0 Å². The lowest BCUT2D eigenvalue weighted by Crippen LogP contribution is -2.68. The Kier molecular flexibility index (Phi) is 6.08. The highest BCUT2D eigenvalue weighted by atomic mass is 16.2. The van der Waals surface area contributed by atoms with Crippen LogP contribution in [-0.4, -0.2) is 58.3 Å². The summed E-state index contributed by atoms with van der Waals surface area (Å²) in [5.74, 6) is 0.883. The van der Waals surface area contributed by atoms with Crippen LogP contribution in [0, 0.1) is 11.8 Å². The van der Waals surface area contributed by atoms with E-state index in [1.165, 1.54) is 18.4 Å². The van der Waals surface area contributed by atoms with Crippen LogP contribution in [-0.2, 0) is 16.1 Å². The zero-order chi connectivity index (χ0) is 21.2. The number of hydrogen-bond acceptors (Lipinski definition) is 4. The van der Waals surface area contributed by atoms with Crippen molar-refractivity contribution in [2.24, 2.45) is 11.8 Å². The minimum absolute atomic E-state index is 0.0508. The molecular weight excluding hydrogens is 388 g/mol. The van der Waals surface area contributed by atoms with Crippen molar-refractivity contribution in [3.63, 3.8) is 0 Å². The molecule has 1 aromatic heterocycles. The highest BCUT2D eigenvalue weighted by Gasteiger charge is 2.51. The maximum atomic E-state index is 13.4. The molecule has 4 heterocycles. The van der Waals surface area contributed by atoms with Crippen molar-refractivity contribution in [2.45, 2.75) is 70.0 Å². The lowest BCUT2D eigenvalue weighted by atomic mass is 9.71. The predicted molar refractivity (Wildman–Crippen MR) is 119 cm³/mol. The number of nitrogens with zero attached hydrogens (tertiary/aromatic N) is 3. The summed E-state index contributed by atoms with van der Waals surface area (Å²) >= 11 is 0. The SMILES string of the molecule is O=C(NCC1=CCCCC1)[C@H]1[C@H]2C[C@H](CN(Cc3ccccn3)C2)[C@@H]2CCCC(=O)N21. The number of amides is 2. The quantitative estimate of drug-likeness (QED) is 0.741. The second-order valence-electron chi connectivity index (χ2n) is 9.80. The van der Waals surface area contributed by atoms with E-state index in [9.17, 15) is 9.59 Å². The second-order valence-corrected chi connectivity index (χ2v) is 9.80. The molecule has 1 aromatic rings. The van der Waals surface area contributed by atoms with Crippen molar-refractivity contribution in [1.82, 2.24) is 20.1 Å². The summed E-state index contributed by atoms with van der Waals surface area (Å²) in [5.41, 5.74) is 2.42. The minimum Gasteiger partial charge on any atom is -0.351 e. The minimum atomic E-state index is -0.329. The number of allylic oxidation sites excluding steroid dienone is 1. The van der Waals surface area contributed by atoms with Crippen LogP contribution in [0.2, 0.25) is 0 Å². The zero-order valence-corrected chi connectivity index (χ0v) is 18.3. The maximum absolute atomic E-state index is 13.4. The summed E-state index contributed by atoms with van der Waals surface area (Å²) in [6.07, 6.45) is 12.4. The van der Waals surface area contributed by atoms with Crippen LogP contribution in [0.15, 0.2) is 36.0 Å². The van der Waals surface area contributed by atoms with Crippen molar-refractivity contribution in [3.8, 4) is 0 Å². The van der Waals surface area contributed by atoms with Gasteiger partial charge in [-0.1, -0.05) is 17.7 Å². The Labute approximate surface area is 185 Å². The van der Waals surface area contributed by atoms with Crippen LogP contribution in [0.3, 0.4) is 0 Å². The Hall–Kier alpha value is -2.21. The van der Waals surface area contributed by atoms with Crippen molar-refractivity contribution >= 4 is 11.8 Å². The standard InChI is InChI=1S/C25H34N4O2/c30-23-11-6-10-22-19-13-20(16-28(15-19)17-21-9-4-5-12-26-21)24(29(22)23)25(31)27-14-18-7-2-1-3-8-18/h4-5,7,9,12,19-20,22,24H,1-3,6,8,10-11,13-17H2,(H,27,31)/t19-,20+,22+,24-/m1/s1. The number of rotatable bonds is 5. The monoisotopic (exact) mass is 422 g/mol. The second kappa shape index (κ2) is 9.11. The van der Waals surface area contributed by atoms with Crippen molar-refractivity contribution < 1.29 is 9.59 Å². The third-order valence-electron chi connectivity index (χ3n) is 7.67. The summed E-state index contributed by atoms with van der Waals surface area (Å²) in [7, 11) is 0. The Morgan fingerprint density at radius 1 is 1.13 bits per heavy atom. The van der Waals surface area contributed by atoms with E-state index in [4.69, 9.17) is 0 Å². The molecular formula is C25H34N4O2. The fourth-order valence-electron chi connectivity index (χ4n) is 6.31. The lowest BCUT2D eigenvalue weighted by Gasteiger charge is -2.55. The number of pyridine rings is 1. The molecule has 2 bridgehead atoms. The number of nitrogens with one attached hydrogen (secondary N) is 1. The molecule has 4 atom stereocenters. The molecule has 1 N–H and O–H groups in total. The molecule has 6 nitrogen and oxygen atoms in total. The summed E-state index contributed by atoms with van der Waals surface area (Å²) < 4.78 is 0. The van der Waals surface area contributed by atoms with Gasteiger partial charge in [-0.25, -0.2) is 0 Å². The largest absolute Gasteiger partial charge is 0.351 e. The van der Waals surface area contributed by atoms with Gasteiger partial charge in [0.15, 0.2) is 0 Å². The van der Waals surface area contributed by atoms with Gasteiger partial charge in [-0.05, 0) is 63.0 Å². The highest BCUT2D eigenvalue weighted by Crippen LogP contribution is 2.42. The average Bonchev–Trinajstić information content (AvgIpc) is 2.80. The van der Waals surface area contributed by atoms with E-state index in [2.05, 4.69) is 27.3 Å². The molecule has 1 aliphatic carbocycles. The van der Waals surface area contributed by atoms with Gasteiger partial charge in [0.2, 0.25) is 11.8 Å². The van der Waals surface area contributed by atoms with Crippen LogP contribution >= 0.6 is 0 Å². The molecule has 6 heteroatoms. The Balaban J connectivity index is 1.34. The van der Waals surface area contributed by atoms with Gasteiger partial charge in [0.25, 0.3) is 0 Å². The molecule has 2 amide bonds. The lowest BCUT2D eigenvalue weighted by molar-refractivity contribution is -0.160. The Bertz CT molecular complexity index is 839. The van der Waals surface area contributed by atoms with Gasteiger partial charge in [-0.3, -0.25) is 19.5 Å². The van der Waals surface area contributed by atoms with Gasteiger partial charge in [0, 0.05) is 50.8 Å². The number of likely N-dealkylation sites (tertiary alicyclic amines) is 1. The number of piperidine rings is 3. The van der Waals surface area contributed by atoms with Crippen molar-refractivity contribution in [1.29, 1.82) is 0 Å². The third kappa shape index (κ3) is 4.40. The molecule has 5 rings (SSSR count). The number of hydrogen-bond donors (Lipinski definition) is 1. The van der Waals surface area contributed by atoms with Gasteiger partial charge in [0.1, 0.15) is 6.04 Å². The number of aromatic nitrogens is 1. The van der Waals surface area contributed by atoms with E-state index >= 15 is 0 Å². The molecule has 0 radical (unpaired) electrons. The van der Waals surface area contributed by atoms with Crippen LogP contribution < -0.4 is 5.32 Å². The van der Waals surface area contributed by atoms with Gasteiger partial charge >= 0.3 is 0 Å². The van der Waals surface area contributed by atoms with E-state index in [0.717, 1.165) is 57.4 Å². The summed E-state index contributed by atoms with van der Waals surface area (Å²) in [5, 5.41) is 3.21. The molecule has 31 heavy (non-hydrogen) atoms. The van der Waals surface area contributed by atoms with Crippen molar-refractivity contribution in [2.75, 3.05) is 19.6 Å². The molecule has 4 aliphatic rings. The smallest absolute Gasteiger partial charge is 0.243 e. The molecule has 3 fully saturated rings. The maximum Gasteiger partial charge on any atom is 0.243 e. The summed E-state index contributed by atoms with van der Waals surface area (Å²) in [4.78, 5) is 35.4. The molecule has 0 saturated carbocycles. The first-order valence-electron chi connectivity index (χ1n) is 12.1.